The normalized spacial score (nSPS) is 35.8. The van der Waals surface area contributed by atoms with E-state index in [0.717, 1.165) is 18.9 Å². The van der Waals surface area contributed by atoms with Gasteiger partial charge in [-0.15, -0.1) is 0 Å². The Bertz CT molecular complexity index is 256. The molecule has 17 heavy (non-hydrogen) atoms. The maximum atomic E-state index is 11.7. The van der Waals surface area contributed by atoms with Crippen LogP contribution >= 0.6 is 0 Å². The number of rotatable bonds is 3. The summed E-state index contributed by atoms with van der Waals surface area (Å²) >= 11 is 0. The summed E-state index contributed by atoms with van der Waals surface area (Å²) in [7, 11) is 0. The standard InChI is InChI=1S/C15H27NO/c1-3-13-7-9-14(10-8-13)16-11-5-4-6-15(16)12(2)17/h13-15H,3-11H2,1-2H3. The number of nitrogens with zero attached hydrogens (tertiary/aromatic N) is 1. The first-order valence-corrected chi connectivity index (χ1v) is 7.48. The molecule has 0 N–H and O–H groups in total. The Morgan fingerprint density at radius 3 is 2.41 bits per heavy atom. The van der Waals surface area contributed by atoms with Crippen LogP contribution in [0.3, 0.4) is 0 Å². The molecule has 2 fully saturated rings. The molecule has 1 aliphatic heterocycles. The van der Waals surface area contributed by atoms with Crippen LogP contribution in [0.5, 0.6) is 0 Å². The number of hydrogen-bond donors (Lipinski definition) is 0. The van der Waals surface area contributed by atoms with Crippen molar-refractivity contribution < 1.29 is 4.79 Å². The molecular formula is C15H27NO. The van der Waals surface area contributed by atoms with Gasteiger partial charge in [-0.2, -0.15) is 0 Å². The van der Waals surface area contributed by atoms with Crippen LogP contribution < -0.4 is 0 Å². The maximum Gasteiger partial charge on any atom is 0.146 e. The number of ketones is 1. The SMILES string of the molecule is CCC1CCC(N2CCCCC2C(C)=O)CC1. The number of Topliss-reactive ketones (excluding diaryl/α,β-unsaturated/α-hetero) is 1. The second-order valence-corrected chi connectivity index (χ2v) is 5.94. The van der Waals surface area contributed by atoms with Gasteiger partial charge in [-0.05, 0) is 57.9 Å². The summed E-state index contributed by atoms with van der Waals surface area (Å²) in [4.78, 5) is 14.3. The van der Waals surface area contributed by atoms with E-state index in [4.69, 9.17) is 0 Å². The highest BCUT2D eigenvalue weighted by atomic mass is 16.1. The zero-order chi connectivity index (χ0) is 12.3. The van der Waals surface area contributed by atoms with Crippen LogP contribution in [0, 0.1) is 5.92 Å². The molecule has 2 aliphatic rings. The largest absolute Gasteiger partial charge is 0.298 e. The Kier molecular flexibility index (Phi) is 4.61. The first-order chi connectivity index (χ1) is 8.22. The lowest BCUT2D eigenvalue weighted by molar-refractivity contribution is -0.124. The molecule has 1 saturated heterocycles. The van der Waals surface area contributed by atoms with Crippen molar-refractivity contribution in [2.24, 2.45) is 5.92 Å². The van der Waals surface area contributed by atoms with Gasteiger partial charge in [0.2, 0.25) is 0 Å². The topological polar surface area (TPSA) is 20.3 Å². The minimum atomic E-state index is 0.243. The second kappa shape index (κ2) is 5.99. The fourth-order valence-corrected chi connectivity index (χ4v) is 3.71. The van der Waals surface area contributed by atoms with Gasteiger partial charge in [-0.3, -0.25) is 9.69 Å². The summed E-state index contributed by atoms with van der Waals surface area (Å²) in [5.41, 5.74) is 0. The molecule has 2 nitrogen and oxygen atoms in total. The van der Waals surface area contributed by atoms with Crippen LogP contribution in [0.1, 0.15) is 65.2 Å². The van der Waals surface area contributed by atoms with Crippen molar-refractivity contribution in [2.75, 3.05) is 6.54 Å². The highest BCUT2D eigenvalue weighted by Crippen LogP contribution is 2.32. The van der Waals surface area contributed by atoms with Gasteiger partial charge >= 0.3 is 0 Å². The maximum absolute atomic E-state index is 11.7. The number of carbonyl (C=O) groups is 1. The van der Waals surface area contributed by atoms with E-state index < -0.39 is 0 Å². The molecule has 0 aromatic rings. The number of carbonyl (C=O) groups excluding carboxylic acids is 1. The summed E-state index contributed by atoms with van der Waals surface area (Å²) < 4.78 is 0. The molecule has 0 aromatic carbocycles. The molecule has 1 aliphatic carbocycles. The summed E-state index contributed by atoms with van der Waals surface area (Å²) in [6.07, 6.45) is 10.4. The predicted molar refractivity (Wildman–Crippen MR) is 71.1 cm³/mol. The molecule has 0 amide bonds. The van der Waals surface area contributed by atoms with Gasteiger partial charge in [0.25, 0.3) is 0 Å². The molecule has 0 aromatic heterocycles. The fraction of sp³-hybridized carbons (Fsp3) is 0.933. The van der Waals surface area contributed by atoms with Gasteiger partial charge in [-0.1, -0.05) is 19.8 Å². The lowest BCUT2D eigenvalue weighted by Crippen LogP contribution is -2.50. The minimum Gasteiger partial charge on any atom is -0.298 e. The van der Waals surface area contributed by atoms with Gasteiger partial charge in [-0.25, -0.2) is 0 Å². The van der Waals surface area contributed by atoms with Crippen molar-refractivity contribution in [2.45, 2.75) is 77.3 Å². The lowest BCUT2D eigenvalue weighted by atomic mass is 9.82. The van der Waals surface area contributed by atoms with E-state index >= 15 is 0 Å². The first-order valence-electron chi connectivity index (χ1n) is 7.48. The summed E-state index contributed by atoms with van der Waals surface area (Å²) in [5.74, 6) is 1.34. The molecule has 98 valence electrons. The molecule has 0 radical (unpaired) electrons. The monoisotopic (exact) mass is 237 g/mol. The van der Waals surface area contributed by atoms with Crippen molar-refractivity contribution in [1.29, 1.82) is 0 Å². The van der Waals surface area contributed by atoms with Crippen molar-refractivity contribution in [3.63, 3.8) is 0 Å². The van der Waals surface area contributed by atoms with Crippen molar-refractivity contribution >= 4 is 5.78 Å². The average Bonchev–Trinajstić information content (AvgIpc) is 2.39. The molecule has 1 atom stereocenters. The molecule has 0 spiro atoms. The third-order valence-corrected chi connectivity index (χ3v) is 4.88. The van der Waals surface area contributed by atoms with Gasteiger partial charge in [0.15, 0.2) is 0 Å². The molecule has 1 unspecified atom stereocenters. The smallest absolute Gasteiger partial charge is 0.146 e. The van der Waals surface area contributed by atoms with Crippen LogP contribution in [0.2, 0.25) is 0 Å². The fourth-order valence-electron chi connectivity index (χ4n) is 3.71. The molecule has 0 bridgehead atoms. The molecule has 2 heteroatoms. The zero-order valence-electron chi connectivity index (χ0n) is 11.5. The van der Waals surface area contributed by atoms with E-state index in [1.54, 1.807) is 6.92 Å². The summed E-state index contributed by atoms with van der Waals surface area (Å²) in [5, 5.41) is 0. The molecular weight excluding hydrogens is 210 g/mol. The van der Waals surface area contributed by atoms with Gasteiger partial charge in [0.1, 0.15) is 5.78 Å². The molecule has 1 heterocycles. The Hall–Kier alpha value is -0.370. The van der Waals surface area contributed by atoms with Gasteiger partial charge in [0.05, 0.1) is 6.04 Å². The van der Waals surface area contributed by atoms with Crippen molar-refractivity contribution in [3.05, 3.63) is 0 Å². The van der Waals surface area contributed by atoms with Crippen LogP contribution in [0.25, 0.3) is 0 Å². The Labute approximate surface area is 106 Å². The zero-order valence-corrected chi connectivity index (χ0v) is 11.5. The molecule has 2 rings (SSSR count). The average molecular weight is 237 g/mol. The van der Waals surface area contributed by atoms with E-state index in [9.17, 15) is 4.79 Å². The van der Waals surface area contributed by atoms with E-state index in [0.29, 0.717) is 11.8 Å². The third-order valence-electron chi connectivity index (χ3n) is 4.88. The Morgan fingerprint density at radius 1 is 1.12 bits per heavy atom. The highest BCUT2D eigenvalue weighted by Gasteiger charge is 2.33. The van der Waals surface area contributed by atoms with Gasteiger partial charge < -0.3 is 0 Å². The summed E-state index contributed by atoms with van der Waals surface area (Å²) in [6.45, 7) is 5.25. The summed E-state index contributed by atoms with van der Waals surface area (Å²) in [6, 6.07) is 0.943. The third kappa shape index (κ3) is 3.09. The van der Waals surface area contributed by atoms with E-state index in [1.165, 1.54) is 44.9 Å². The van der Waals surface area contributed by atoms with Crippen LogP contribution in [0.4, 0.5) is 0 Å². The highest BCUT2D eigenvalue weighted by molar-refractivity contribution is 5.81. The van der Waals surface area contributed by atoms with Crippen molar-refractivity contribution in [3.8, 4) is 0 Å². The lowest BCUT2D eigenvalue weighted by Gasteiger charge is -2.43. The van der Waals surface area contributed by atoms with E-state index in [2.05, 4.69) is 11.8 Å². The van der Waals surface area contributed by atoms with Crippen LogP contribution in [0.15, 0.2) is 0 Å². The quantitative estimate of drug-likeness (QED) is 0.750. The minimum absolute atomic E-state index is 0.243. The molecule has 1 saturated carbocycles. The Morgan fingerprint density at radius 2 is 1.82 bits per heavy atom. The second-order valence-electron chi connectivity index (χ2n) is 5.94. The first kappa shape index (κ1) is 13.1. The predicted octanol–water partition coefficient (Wildman–Crippen LogP) is 3.40. The van der Waals surface area contributed by atoms with Gasteiger partial charge in [0, 0.05) is 6.04 Å². The number of piperidine rings is 1. The number of hydrogen-bond acceptors (Lipinski definition) is 2. The van der Waals surface area contributed by atoms with Crippen molar-refractivity contribution in [1.82, 2.24) is 4.90 Å². The van der Waals surface area contributed by atoms with E-state index in [-0.39, 0.29) is 6.04 Å². The van der Waals surface area contributed by atoms with E-state index in [1.807, 2.05) is 0 Å². The van der Waals surface area contributed by atoms with Crippen LogP contribution in [-0.2, 0) is 4.79 Å². The number of likely N-dealkylation sites (tertiary alicyclic amines) is 1. The van der Waals surface area contributed by atoms with Crippen LogP contribution in [-0.4, -0.2) is 29.3 Å². The Balaban J connectivity index is 1.93.